The first-order valence-corrected chi connectivity index (χ1v) is 6.35. The van der Waals surface area contributed by atoms with E-state index in [1.807, 2.05) is 0 Å². The molecule has 0 bridgehead atoms. The molecule has 0 fully saturated rings. The Labute approximate surface area is 123 Å². The minimum absolute atomic E-state index is 0.0305. The van der Waals surface area contributed by atoms with Crippen molar-refractivity contribution < 1.29 is 14.3 Å². The second-order valence-corrected chi connectivity index (χ2v) is 4.89. The lowest BCUT2D eigenvalue weighted by Crippen LogP contribution is -2.39. The average molecular weight is 346 g/mol. The first kappa shape index (κ1) is 15.4. The summed E-state index contributed by atoms with van der Waals surface area (Å²) in [7, 11) is 1.46. The number of carbonyl (C=O) groups is 2. The third kappa shape index (κ3) is 4.84. The van der Waals surface area contributed by atoms with Crippen LogP contribution in [0.5, 0.6) is 5.75 Å². The number of hydrogen-bond donors (Lipinski definition) is 3. The maximum atomic E-state index is 11.6. The molecule has 0 aliphatic carbocycles. The third-order valence-corrected chi connectivity index (χ3v) is 2.68. The van der Waals surface area contributed by atoms with Crippen molar-refractivity contribution in [2.45, 2.75) is 0 Å². The number of nitrogens with two attached hydrogens (primary N) is 1. The van der Waals surface area contributed by atoms with E-state index in [0.717, 1.165) is 4.47 Å². The molecule has 1 aromatic carbocycles. The first-order valence-electron chi connectivity index (χ1n) is 5.15. The van der Waals surface area contributed by atoms with Gasteiger partial charge in [-0.25, -0.2) is 0 Å². The first-order chi connectivity index (χ1) is 8.93. The Morgan fingerprint density at radius 2 is 2.11 bits per heavy atom. The van der Waals surface area contributed by atoms with Gasteiger partial charge in [0.05, 0.1) is 24.3 Å². The molecule has 0 aromatic heterocycles. The summed E-state index contributed by atoms with van der Waals surface area (Å²) in [5.74, 6) is -1.21. The fourth-order valence-electron chi connectivity index (χ4n) is 1.20. The number of thiocarbonyl (C=S) groups is 1. The Bertz CT molecular complexity index is 522. The second kappa shape index (κ2) is 7.05. The summed E-state index contributed by atoms with van der Waals surface area (Å²) in [4.78, 5) is 23.2. The molecule has 1 rings (SSSR count). The standard InChI is InChI=1S/C11H12BrN3O3S/c1-18-8-3-2-6(12)4-7(8)15-11(17)10(16)14-5-9(13)19/h2-4H,5H2,1H3,(H2,13,19)(H,14,16)(H,15,17). The molecular formula is C11H12BrN3O3S. The molecule has 0 saturated heterocycles. The van der Waals surface area contributed by atoms with E-state index in [0.29, 0.717) is 11.4 Å². The van der Waals surface area contributed by atoms with Crippen LogP contribution in [0.2, 0.25) is 0 Å². The van der Waals surface area contributed by atoms with Crippen LogP contribution in [0.1, 0.15) is 0 Å². The smallest absolute Gasteiger partial charge is 0.313 e. The topological polar surface area (TPSA) is 93.4 Å². The van der Waals surface area contributed by atoms with Crippen molar-refractivity contribution in [3.05, 3.63) is 22.7 Å². The van der Waals surface area contributed by atoms with Crippen LogP contribution in [0.3, 0.4) is 0 Å². The Balaban J connectivity index is 2.73. The molecule has 0 atom stereocenters. The lowest BCUT2D eigenvalue weighted by Gasteiger charge is -2.10. The Morgan fingerprint density at radius 3 is 2.68 bits per heavy atom. The summed E-state index contributed by atoms with van der Waals surface area (Å²) in [6, 6.07) is 5.03. The van der Waals surface area contributed by atoms with E-state index in [2.05, 4.69) is 38.8 Å². The van der Waals surface area contributed by atoms with Crippen molar-refractivity contribution in [2.75, 3.05) is 19.0 Å². The van der Waals surface area contributed by atoms with Gasteiger partial charge >= 0.3 is 11.8 Å². The van der Waals surface area contributed by atoms with Gasteiger partial charge < -0.3 is 21.1 Å². The molecule has 2 amide bonds. The van der Waals surface area contributed by atoms with Gasteiger partial charge in [0.15, 0.2) is 0 Å². The van der Waals surface area contributed by atoms with E-state index < -0.39 is 11.8 Å². The molecule has 102 valence electrons. The van der Waals surface area contributed by atoms with E-state index in [9.17, 15) is 9.59 Å². The van der Waals surface area contributed by atoms with Crippen molar-refractivity contribution in [2.24, 2.45) is 5.73 Å². The fraction of sp³-hybridized carbons (Fsp3) is 0.182. The maximum Gasteiger partial charge on any atom is 0.313 e. The van der Waals surface area contributed by atoms with Crippen molar-refractivity contribution >= 4 is 50.6 Å². The van der Waals surface area contributed by atoms with Crippen molar-refractivity contribution in [3.63, 3.8) is 0 Å². The molecule has 8 heteroatoms. The lowest BCUT2D eigenvalue weighted by atomic mass is 10.3. The van der Waals surface area contributed by atoms with Crippen LogP contribution in [-0.2, 0) is 9.59 Å². The van der Waals surface area contributed by atoms with Gasteiger partial charge in [-0.1, -0.05) is 28.1 Å². The number of halogens is 1. The van der Waals surface area contributed by atoms with Crippen LogP contribution in [-0.4, -0.2) is 30.5 Å². The zero-order valence-corrected chi connectivity index (χ0v) is 12.4. The molecule has 0 spiro atoms. The number of rotatable bonds is 4. The van der Waals surface area contributed by atoms with Gasteiger partial charge in [0.25, 0.3) is 0 Å². The highest BCUT2D eigenvalue weighted by atomic mass is 79.9. The molecule has 0 unspecified atom stereocenters. The summed E-state index contributed by atoms with van der Waals surface area (Å²) in [6.07, 6.45) is 0. The number of ether oxygens (including phenoxy) is 1. The number of nitrogens with one attached hydrogen (secondary N) is 2. The van der Waals surface area contributed by atoms with Crippen LogP contribution in [0.4, 0.5) is 5.69 Å². The predicted molar refractivity (Wildman–Crippen MR) is 79.1 cm³/mol. The van der Waals surface area contributed by atoms with Crippen molar-refractivity contribution in [3.8, 4) is 5.75 Å². The molecule has 6 nitrogen and oxygen atoms in total. The molecule has 0 saturated carbocycles. The maximum absolute atomic E-state index is 11.6. The molecule has 19 heavy (non-hydrogen) atoms. The molecular weight excluding hydrogens is 334 g/mol. The zero-order valence-electron chi connectivity index (χ0n) is 10.0. The normalized spacial score (nSPS) is 9.58. The van der Waals surface area contributed by atoms with Crippen molar-refractivity contribution in [1.82, 2.24) is 5.32 Å². The number of methoxy groups -OCH3 is 1. The van der Waals surface area contributed by atoms with E-state index in [1.54, 1.807) is 18.2 Å². The van der Waals surface area contributed by atoms with E-state index >= 15 is 0 Å². The van der Waals surface area contributed by atoms with Gasteiger partial charge in [0.2, 0.25) is 0 Å². The number of hydrogen-bond acceptors (Lipinski definition) is 4. The minimum Gasteiger partial charge on any atom is -0.495 e. The fourth-order valence-corrected chi connectivity index (χ4v) is 1.64. The quantitative estimate of drug-likeness (QED) is 0.554. The molecule has 0 radical (unpaired) electrons. The average Bonchev–Trinajstić information content (AvgIpc) is 2.36. The van der Waals surface area contributed by atoms with Gasteiger partial charge in [-0.3, -0.25) is 9.59 Å². The van der Waals surface area contributed by atoms with Gasteiger partial charge in [-0.2, -0.15) is 0 Å². The van der Waals surface area contributed by atoms with Crippen molar-refractivity contribution in [1.29, 1.82) is 0 Å². The Morgan fingerprint density at radius 1 is 1.42 bits per heavy atom. The zero-order chi connectivity index (χ0) is 14.4. The van der Waals surface area contributed by atoms with Gasteiger partial charge in [0.1, 0.15) is 5.75 Å². The highest BCUT2D eigenvalue weighted by Crippen LogP contribution is 2.27. The molecule has 1 aromatic rings. The van der Waals surface area contributed by atoms with Crippen LogP contribution in [0.15, 0.2) is 22.7 Å². The van der Waals surface area contributed by atoms with Gasteiger partial charge in [-0.05, 0) is 18.2 Å². The van der Waals surface area contributed by atoms with Crippen LogP contribution >= 0.6 is 28.1 Å². The number of carbonyl (C=O) groups excluding carboxylic acids is 2. The number of amides is 2. The van der Waals surface area contributed by atoms with E-state index in [4.69, 9.17) is 10.5 Å². The summed E-state index contributed by atoms with van der Waals surface area (Å²) in [6.45, 7) is -0.0305. The van der Waals surface area contributed by atoms with Crippen LogP contribution < -0.4 is 21.1 Å². The summed E-state index contributed by atoms with van der Waals surface area (Å²) < 4.78 is 5.81. The Hall–Kier alpha value is -1.67. The third-order valence-electron chi connectivity index (χ3n) is 2.04. The highest BCUT2D eigenvalue weighted by Gasteiger charge is 2.15. The van der Waals surface area contributed by atoms with Crippen LogP contribution in [0.25, 0.3) is 0 Å². The van der Waals surface area contributed by atoms with Crippen LogP contribution in [0, 0.1) is 0 Å². The predicted octanol–water partition coefficient (Wildman–Crippen LogP) is 0.798. The minimum atomic E-state index is -0.826. The molecule has 0 aliphatic rings. The van der Waals surface area contributed by atoms with Gasteiger partial charge in [-0.15, -0.1) is 0 Å². The molecule has 0 aliphatic heterocycles. The second-order valence-electron chi connectivity index (χ2n) is 3.45. The summed E-state index contributed by atoms with van der Waals surface area (Å²) in [5, 5.41) is 4.72. The largest absolute Gasteiger partial charge is 0.495 e. The number of benzene rings is 1. The van der Waals surface area contributed by atoms with E-state index in [1.165, 1.54) is 7.11 Å². The SMILES string of the molecule is COc1ccc(Br)cc1NC(=O)C(=O)NCC(N)=S. The lowest BCUT2D eigenvalue weighted by molar-refractivity contribution is -0.135. The monoisotopic (exact) mass is 345 g/mol. The summed E-state index contributed by atoms with van der Waals surface area (Å²) >= 11 is 7.85. The number of anilines is 1. The molecule has 0 heterocycles. The van der Waals surface area contributed by atoms with E-state index in [-0.39, 0.29) is 11.5 Å². The van der Waals surface area contributed by atoms with Gasteiger partial charge in [0, 0.05) is 4.47 Å². The Kier molecular flexibility index (Phi) is 5.71. The molecule has 4 N–H and O–H groups in total. The summed E-state index contributed by atoms with van der Waals surface area (Å²) in [5.41, 5.74) is 5.60. The highest BCUT2D eigenvalue weighted by molar-refractivity contribution is 9.10.